The lowest BCUT2D eigenvalue weighted by atomic mass is 10.2. The zero-order chi connectivity index (χ0) is 17.4. The first-order valence-corrected chi connectivity index (χ1v) is 9.01. The van der Waals surface area contributed by atoms with E-state index < -0.39 is 0 Å². The molecule has 0 saturated carbocycles. The topological polar surface area (TPSA) is 67.9 Å². The van der Waals surface area contributed by atoms with Gasteiger partial charge in [0.1, 0.15) is 0 Å². The third kappa shape index (κ3) is 3.07. The van der Waals surface area contributed by atoms with Gasteiger partial charge in [-0.25, -0.2) is 0 Å². The van der Waals surface area contributed by atoms with Crippen LogP contribution >= 0.6 is 11.3 Å². The Morgan fingerprint density at radius 2 is 2.04 bits per heavy atom. The van der Waals surface area contributed by atoms with Crippen molar-refractivity contribution in [3.05, 3.63) is 40.1 Å². The van der Waals surface area contributed by atoms with Gasteiger partial charge >= 0.3 is 0 Å². The van der Waals surface area contributed by atoms with Crippen LogP contribution in [0.2, 0.25) is 0 Å². The van der Waals surface area contributed by atoms with Gasteiger partial charge in [-0.15, -0.1) is 11.3 Å². The van der Waals surface area contributed by atoms with Gasteiger partial charge in [0.05, 0.1) is 10.9 Å². The molecule has 0 radical (unpaired) electrons. The second kappa shape index (κ2) is 6.40. The molecule has 0 unspecified atom stereocenters. The molecule has 2 aliphatic rings. The number of ether oxygens (including phenoxy) is 2. The van der Waals surface area contributed by atoms with Crippen molar-refractivity contribution < 1.29 is 19.1 Å². The summed E-state index contributed by atoms with van der Waals surface area (Å²) in [5.74, 6) is 1.24. The highest BCUT2D eigenvalue weighted by atomic mass is 32.1. The molecule has 0 bridgehead atoms. The van der Waals surface area contributed by atoms with Crippen LogP contribution in [0.25, 0.3) is 0 Å². The number of nitrogens with one attached hydrogen (secondary N) is 1. The predicted molar refractivity (Wildman–Crippen MR) is 94.2 cm³/mol. The largest absolute Gasteiger partial charge is 0.454 e. The van der Waals surface area contributed by atoms with Gasteiger partial charge in [-0.2, -0.15) is 0 Å². The first-order chi connectivity index (χ1) is 12.1. The number of fused-ring (bicyclic) bond motifs is 1. The van der Waals surface area contributed by atoms with Gasteiger partial charge in [0, 0.05) is 30.1 Å². The van der Waals surface area contributed by atoms with Crippen molar-refractivity contribution in [1.82, 2.24) is 4.90 Å². The van der Waals surface area contributed by atoms with E-state index in [-0.39, 0.29) is 24.6 Å². The number of nitrogens with zero attached hydrogens (tertiary/aromatic N) is 1. The van der Waals surface area contributed by atoms with E-state index in [1.807, 2.05) is 17.0 Å². The van der Waals surface area contributed by atoms with Crippen LogP contribution in [0.3, 0.4) is 0 Å². The smallest absolute Gasteiger partial charge is 0.265 e. The fourth-order valence-corrected chi connectivity index (χ4v) is 4.31. The molecule has 1 saturated heterocycles. The highest BCUT2D eigenvalue weighted by molar-refractivity contribution is 7.14. The fraction of sp³-hybridized carbons (Fsp3) is 0.333. The number of hydrogen-bond donors (Lipinski definition) is 1. The van der Waals surface area contributed by atoms with E-state index in [0.29, 0.717) is 22.1 Å². The van der Waals surface area contributed by atoms with Gasteiger partial charge in [-0.3, -0.25) is 9.59 Å². The number of thiophene rings is 1. The number of carbonyl (C=O) groups excluding carboxylic acids is 2. The molecule has 1 N–H and O–H groups in total. The number of anilines is 1. The van der Waals surface area contributed by atoms with E-state index >= 15 is 0 Å². The molecule has 1 fully saturated rings. The Bertz CT molecular complexity index is 832. The summed E-state index contributed by atoms with van der Waals surface area (Å²) < 4.78 is 10.6. The van der Waals surface area contributed by atoms with Crippen molar-refractivity contribution in [3.63, 3.8) is 0 Å². The number of likely N-dealkylation sites (tertiary alicyclic amines) is 1. The highest BCUT2D eigenvalue weighted by Crippen LogP contribution is 2.37. The molecule has 1 aromatic heterocycles. The molecule has 25 heavy (non-hydrogen) atoms. The summed E-state index contributed by atoms with van der Waals surface area (Å²) in [5, 5.41) is 2.88. The maximum atomic E-state index is 12.5. The van der Waals surface area contributed by atoms with Crippen molar-refractivity contribution in [3.8, 4) is 11.5 Å². The molecule has 1 atom stereocenters. The summed E-state index contributed by atoms with van der Waals surface area (Å²) in [6.07, 6.45) is 1.95. The zero-order valence-electron chi connectivity index (χ0n) is 13.8. The second-order valence-corrected chi connectivity index (χ2v) is 7.21. The van der Waals surface area contributed by atoms with Crippen molar-refractivity contribution in [2.24, 2.45) is 0 Å². The molecular formula is C18H18N2O4S. The quantitative estimate of drug-likeness (QED) is 0.913. The van der Waals surface area contributed by atoms with Crippen molar-refractivity contribution in [2.75, 3.05) is 18.7 Å². The molecule has 130 valence electrons. The lowest BCUT2D eigenvalue weighted by Gasteiger charge is -2.22. The Morgan fingerprint density at radius 1 is 1.20 bits per heavy atom. The van der Waals surface area contributed by atoms with Crippen LogP contribution in [0.4, 0.5) is 5.69 Å². The Balaban J connectivity index is 1.48. The van der Waals surface area contributed by atoms with Gasteiger partial charge in [-0.1, -0.05) is 0 Å². The maximum Gasteiger partial charge on any atom is 0.265 e. The molecule has 2 aliphatic heterocycles. The lowest BCUT2D eigenvalue weighted by Crippen LogP contribution is -2.27. The van der Waals surface area contributed by atoms with E-state index in [4.69, 9.17) is 9.47 Å². The first kappa shape index (κ1) is 16.0. The minimum absolute atomic E-state index is 0.0854. The molecule has 4 rings (SSSR count). The molecule has 6 nitrogen and oxygen atoms in total. The summed E-state index contributed by atoms with van der Waals surface area (Å²) >= 11 is 1.44. The standard InChI is InChI=1S/C18H18N2O4S/c1-11(21)20-8-2-3-13(20)16-6-7-17(25-16)18(22)19-12-4-5-14-15(9-12)24-10-23-14/h4-7,9,13H,2-3,8,10H2,1H3,(H,19,22)/t13-/m0/s1. The predicted octanol–water partition coefficient (Wildman–Crippen LogP) is 3.41. The maximum absolute atomic E-state index is 12.5. The van der Waals surface area contributed by atoms with E-state index in [9.17, 15) is 9.59 Å². The summed E-state index contributed by atoms with van der Waals surface area (Å²) in [7, 11) is 0. The number of carbonyl (C=O) groups is 2. The Hall–Kier alpha value is -2.54. The minimum atomic E-state index is -0.164. The van der Waals surface area contributed by atoms with Crippen molar-refractivity contribution in [2.45, 2.75) is 25.8 Å². The monoisotopic (exact) mass is 358 g/mol. The summed E-state index contributed by atoms with van der Waals surface area (Å²) in [4.78, 5) is 27.8. The number of rotatable bonds is 3. The van der Waals surface area contributed by atoms with Crippen molar-refractivity contribution in [1.29, 1.82) is 0 Å². The van der Waals surface area contributed by atoms with E-state index in [0.717, 1.165) is 24.3 Å². The lowest BCUT2D eigenvalue weighted by molar-refractivity contribution is -0.129. The number of amides is 2. The normalized spacial score (nSPS) is 18.4. The molecule has 0 spiro atoms. The van der Waals surface area contributed by atoms with Gasteiger partial charge in [0.15, 0.2) is 11.5 Å². The third-order valence-electron chi connectivity index (χ3n) is 4.47. The van der Waals surface area contributed by atoms with Gasteiger partial charge in [0.25, 0.3) is 5.91 Å². The van der Waals surface area contributed by atoms with Crippen molar-refractivity contribution >= 4 is 28.8 Å². The molecule has 2 amide bonds. The van der Waals surface area contributed by atoms with Crippen LogP contribution in [0.1, 0.15) is 40.4 Å². The average Bonchev–Trinajstić information content (AvgIpc) is 3.33. The molecule has 0 aliphatic carbocycles. The first-order valence-electron chi connectivity index (χ1n) is 8.20. The Morgan fingerprint density at radius 3 is 2.88 bits per heavy atom. The van der Waals surface area contributed by atoms with Crippen LogP contribution in [-0.4, -0.2) is 30.1 Å². The number of hydrogen-bond acceptors (Lipinski definition) is 5. The fourth-order valence-electron chi connectivity index (χ4n) is 3.26. The third-order valence-corrected chi connectivity index (χ3v) is 5.65. The Kier molecular flexibility index (Phi) is 4.09. The molecule has 1 aromatic carbocycles. The SMILES string of the molecule is CC(=O)N1CCC[C@H]1c1ccc(C(=O)Nc2ccc3c(c2)OCO3)s1. The van der Waals surface area contributed by atoms with Crippen LogP contribution < -0.4 is 14.8 Å². The van der Waals surface area contributed by atoms with E-state index in [2.05, 4.69) is 5.32 Å². The minimum Gasteiger partial charge on any atom is -0.454 e. The molecular weight excluding hydrogens is 340 g/mol. The second-order valence-electron chi connectivity index (χ2n) is 6.09. The molecule has 7 heteroatoms. The Labute approximate surface area is 149 Å². The van der Waals surface area contributed by atoms with Gasteiger partial charge < -0.3 is 19.7 Å². The van der Waals surface area contributed by atoms with Crippen LogP contribution in [0, 0.1) is 0 Å². The average molecular weight is 358 g/mol. The van der Waals surface area contributed by atoms with E-state index in [1.54, 1.807) is 25.1 Å². The number of benzene rings is 1. The van der Waals surface area contributed by atoms with Gasteiger partial charge in [-0.05, 0) is 37.1 Å². The zero-order valence-corrected chi connectivity index (χ0v) is 14.6. The highest BCUT2D eigenvalue weighted by Gasteiger charge is 2.29. The molecule has 2 aromatic rings. The van der Waals surface area contributed by atoms with Gasteiger partial charge in [0.2, 0.25) is 12.7 Å². The van der Waals surface area contributed by atoms with Crippen LogP contribution in [-0.2, 0) is 4.79 Å². The van der Waals surface area contributed by atoms with E-state index in [1.165, 1.54) is 11.3 Å². The van der Waals surface area contributed by atoms with Crippen LogP contribution in [0.5, 0.6) is 11.5 Å². The van der Waals surface area contributed by atoms with Crippen LogP contribution in [0.15, 0.2) is 30.3 Å². The molecule has 3 heterocycles. The summed E-state index contributed by atoms with van der Waals surface area (Å²) in [6, 6.07) is 9.18. The summed E-state index contributed by atoms with van der Waals surface area (Å²) in [6.45, 7) is 2.59. The summed E-state index contributed by atoms with van der Waals surface area (Å²) in [5.41, 5.74) is 0.662.